The molecule has 0 aromatic rings. The molecule has 24 heavy (non-hydrogen) atoms. The number of aliphatic imine (C=N–C) groups is 1. The molecule has 0 bridgehead atoms. The number of guanidine groups is 1. The Balaban J connectivity index is 1.66. The number of hydrogen-bond donors (Lipinski definition) is 1. The van der Waals surface area contributed by atoms with Gasteiger partial charge in [0.25, 0.3) is 0 Å². The molecule has 2 unspecified atom stereocenters. The normalized spacial score (nSPS) is 34.2. The summed E-state index contributed by atoms with van der Waals surface area (Å²) >= 11 is 0. The molecule has 2 aliphatic heterocycles. The Labute approximate surface area is 147 Å². The average molecular weight is 356 g/mol. The fraction of sp³-hybridized carbons (Fsp3) is 0.944. The Kier molecular flexibility index (Phi) is 5.42. The first-order chi connectivity index (χ1) is 11.4. The van der Waals surface area contributed by atoms with Crippen molar-refractivity contribution in [3.8, 4) is 0 Å². The first kappa shape index (κ1) is 18.0. The van der Waals surface area contributed by atoms with Crippen molar-refractivity contribution in [1.82, 2.24) is 10.2 Å². The monoisotopic (exact) mass is 355 g/mol. The molecule has 2 saturated heterocycles. The van der Waals surface area contributed by atoms with E-state index in [2.05, 4.69) is 24.1 Å². The summed E-state index contributed by atoms with van der Waals surface area (Å²) in [5.74, 6) is 1.90. The van der Waals surface area contributed by atoms with E-state index in [1.165, 1.54) is 38.5 Å². The van der Waals surface area contributed by atoms with E-state index in [0.29, 0.717) is 29.5 Å². The minimum Gasteiger partial charge on any atom is -0.354 e. The third kappa shape index (κ3) is 4.44. The second-order valence-electron chi connectivity index (χ2n) is 8.39. The molecule has 0 aromatic heterocycles. The van der Waals surface area contributed by atoms with Gasteiger partial charge in [0, 0.05) is 25.7 Å². The minimum atomic E-state index is -2.81. The fourth-order valence-electron chi connectivity index (χ4n) is 4.21. The molecule has 3 rings (SSSR count). The van der Waals surface area contributed by atoms with Crippen LogP contribution >= 0.6 is 0 Å². The zero-order valence-corrected chi connectivity index (χ0v) is 16.1. The van der Waals surface area contributed by atoms with Gasteiger partial charge >= 0.3 is 0 Å². The van der Waals surface area contributed by atoms with Gasteiger partial charge in [-0.2, -0.15) is 0 Å². The van der Waals surface area contributed by atoms with Crippen LogP contribution in [0.3, 0.4) is 0 Å². The number of rotatable bonds is 4. The molecule has 3 aliphatic rings. The molecule has 1 N–H and O–H groups in total. The molecule has 2 heterocycles. The summed E-state index contributed by atoms with van der Waals surface area (Å²) < 4.78 is 23.3. The van der Waals surface area contributed by atoms with Gasteiger partial charge in [-0.15, -0.1) is 0 Å². The van der Waals surface area contributed by atoms with Crippen LogP contribution in [-0.2, 0) is 9.84 Å². The van der Waals surface area contributed by atoms with E-state index >= 15 is 0 Å². The molecule has 0 aromatic carbocycles. The maximum Gasteiger partial charge on any atom is 0.194 e. The van der Waals surface area contributed by atoms with Crippen molar-refractivity contribution in [2.24, 2.45) is 16.3 Å². The van der Waals surface area contributed by atoms with Crippen LogP contribution in [0.5, 0.6) is 0 Å². The highest BCUT2D eigenvalue weighted by molar-refractivity contribution is 7.91. The van der Waals surface area contributed by atoms with Crippen LogP contribution in [0.4, 0.5) is 0 Å². The van der Waals surface area contributed by atoms with Crippen molar-refractivity contribution in [3.63, 3.8) is 0 Å². The lowest BCUT2D eigenvalue weighted by Crippen LogP contribution is -2.45. The lowest BCUT2D eigenvalue weighted by molar-refractivity contribution is 0.320. The average Bonchev–Trinajstić information content (AvgIpc) is 3.25. The van der Waals surface area contributed by atoms with Gasteiger partial charge in [-0.3, -0.25) is 4.99 Å². The summed E-state index contributed by atoms with van der Waals surface area (Å²) in [6, 6.07) is 0.546. The molecule has 3 fully saturated rings. The molecule has 6 heteroatoms. The Bertz CT molecular complexity index is 569. The van der Waals surface area contributed by atoms with Crippen LogP contribution in [0.25, 0.3) is 0 Å². The second kappa shape index (κ2) is 7.22. The Morgan fingerprint density at radius 2 is 2.04 bits per heavy atom. The van der Waals surface area contributed by atoms with Gasteiger partial charge in [0.1, 0.15) is 0 Å². The molecule has 2 atom stereocenters. The van der Waals surface area contributed by atoms with E-state index < -0.39 is 9.84 Å². The fourth-order valence-corrected chi connectivity index (χ4v) is 6.06. The molecule has 0 amide bonds. The van der Waals surface area contributed by atoms with E-state index in [1.54, 1.807) is 0 Å². The van der Waals surface area contributed by atoms with Crippen molar-refractivity contribution in [3.05, 3.63) is 0 Å². The molecular formula is C18H33N3O2S. The van der Waals surface area contributed by atoms with Gasteiger partial charge in [-0.05, 0) is 43.4 Å². The maximum atomic E-state index is 11.7. The zero-order chi connectivity index (χ0) is 17.2. The molecule has 138 valence electrons. The predicted octanol–water partition coefficient (Wildman–Crippen LogP) is 2.43. The lowest BCUT2D eigenvalue weighted by atomic mass is 9.87. The van der Waals surface area contributed by atoms with E-state index in [0.717, 1.165) is 25.5 Å². The van der Waals surface area contributed by atoms with Crippen LogP contribution in [-0.4, -0.2) is 56.5 Å². The van der Waals surface area contributed by atoms with Crippen molar-refractivity contribution in [2.75, 3.05) is 31.1 Å². The lowest BCUT2D eigenvalue weighted by Gasteiger charge is -2.28. The molecule has 0 spiro atoms. The highest BCUT2D eigenvalue weighted by atomic mass is 32.2. The largest absolute Gasteiger partial charge is 0.354 e. The summed E-state index contributed by atoms with van der Waals surface area (Å²) in [5, 5.41) is 3.69. The second-order valence-corrected chi connectivity index (χ2v) is 10.6. The minimum absolute atomic E-state index is 0.204. The Morgan fingerprint density at radius 3 is 2.62 bits per heavy atom. The maximum absolute atomic E-state index is 11.7. The van der Waals surface area contributed by atoms with Crippen LogP contribution in [0.15, 0.2) is 4.99 Å². The smallest absolute Gasteiger partial charge is 0.194 e. The highest BCUT2D eigenvalue weighted by Crippen LogP contribution is 2.33. The SMILES string of the molecule is CCC1(C)CCN(C(=NCC2CCS(=O)(=O)C2)NC2CCCC2)C1. The molecule has 5 nitrogen and oxygen atoms in total. The van der Waals surface area contributed by atoms with Crippen LogP contribution in [0.2, 0.25) is 0 Å². The highest BCUT2D eigenvalue weighted by Gasteiger charge is 2.35. The number of hydrogen-bond acceptors (Lipinski definition) is 3. The summed E-state index contributed by atoms with van der Waals surface area (Å²) in [7, 11) is -2.81. The summed E-state index contributed by atoms with van der Waals surface area (Å²) in [4.78, 5) is 7.29. The van der Waals surface area contributed by atoms with Gasteiger partial charge in [-0.1, -0.05) is 26.7 Å². The standard InChI is InChI=1S/C18H33N3O2S/c1-3-18(2)9-10-21(14-18)17(20-16-6-4-5-7-16)19-12-15-8-11-24(22,23)13-15/h15-16H,3-14H2,1-2H3,(H,19,20). The molecule has 1 aliphatic carbocycles. The van der Waals surface area contributed by atoms with E-state index in [4.69, 9.17) is 4.99 Å². The number of likely N-dealkylation sites (tertiary alicyclic amines) is 1. The summed E-state index contributed by atoms with van der Waals surface area (Å²) in [6.45, 7) is 7.41. The Hall–Kier alpha value is -0.780. The topological polar surface area (TPSA) is 61.8 Å². The molecular weight excluding hydrogens is 322 g/mol. The van der Waals surface area contributed by atoms with E-state index in [9.17, 15) is 8.42 Å². The predicted molar refractivity (Wildman–Crippen MR) is 99.0 cm³/mol. The van der Waals surface area contributed by atoms with Gasteiger partial charge in [0.15, 0.2) is 15.8 Å². The van der Waals surface area contributed by atoms with Crippen LogP contribution in [0.1, 0.15) is 58.8 Å². The van der Waals surface area contributed by atoms with Crippen molar-refractivity contribution in [2.45, 2.75) is 64.8 Å². The van der Waals surface area contributed by atoms with E-state index in [-0.39, 0.29) is 5.92 Å². The van der Waals surface area contributed by atoms with Gasteiger partial charge in [0.2, 0.25) is 0 Å². The van der Waals surface area contributed by atoms with Crippen molar-refractivity contribution < 1.29 is 8.42 Å². The first-order valence-electron chi connectivity index (χ1n) is 9.65. The van der Waals surface area contributed by atoms with Crippen LogP contribution in [0, 0.1) is 11.3 Å². The quantitative estimate of drug-likeness (QED) is 0.621. The van der Waals surface area contributed by atoms with E-state index in [1.807, 2.05) is 0 Å². The zero-order valence-electron chi connectivity index (χ0n) is 15.3. The molecule has 1 saturated carbocycles. The third-order valence-corrected chi connectivity index (χ3v) is 8.06. The number of nitrogens with zero attached hydrogens (tertiary/aromatic N) is 2. The van der Waals surface area contributed by atoms with Gasteiger partial charge in [0.05, 0.1) is 11.5 Å². The first-order valence-corrected chi connectivity index (χ1v) is 11.5. The van der Waals surface area contributed by atoms with Crippen molar-refractivity contribution in [1.29, 1.82) is 0 Å². The summed E-state index contributed by atoms with van der Waals surface area (Å²) in [5.41, 5.74) is 0.384. The number of nitrogens with one attached hydrogen (secondary N) is 1. The molecule has 0 radical (unpaired) electrons. The van der Waals surface area contributed by atoms with Gasteiger partial charge < -0.3 is 10.2 Å². The summed E-state index contributed by atoms with van der Waals surface area (Å²) in [6.07, 6.45) is 8.26. The van der Waals surface area contributed by atoms with Crippen molar-refractivity contribution >= 4 is 15.8 Å². The Morgan fingerprint density at radius 1 is 1.29 bits per heavy atom. The third-order valence-electron chi connectivity index (χ3n) is 6.23. The van der Waals surface area contributed by atoms with Crippen LogP contribution < -0.4 is 5.32 Å². The van der Waals surface area contributed by atoms with Gasteiger partial charge in [-0.25, -0.2) is 8.42 Å². The number of sulfone groups is 1.